The highest BCUT2D eigenvalue weighted by Crippen LogP contribution is 2.47. The van der Waals surface area contributed by atoms with Gasteiger partial charge in [-0.15, -0.1) is 0 Å². The fourth-order valence-electron chi connectivity index (χ4n) is 17.9. The van der Waals surface area contributed by atoms with Gasteiger partial charge in [-0.2, -0.15) is 60.3 Å². The Hall–Kier alpha value is -12.5. The smallest absolute Gasteiger partial charge is 0.350 e. The minimum atomic E-state index is -0.766. The van der Waals surface area contributed by atoms with Crippen LogP contribution >= 0.6 is 0 Å². The summed E-state index contributed by atoms with van der Waals surface area (Å²) in [6.45, 7) is 35.7. The monoisotopic (exact) mass is 1820 g/mol. The number of aromatic nitrogens is 18. The molecule has 133 heavy (non-hydrogen) atoms. The molecule has 7 fully saturated rings. The minimum absolute atomic E-state index is 0.0760. The van der Waals surface area contributed by atoms with E-state index in [1.54, 1.807) is 98.3 Å². The summed E-state index contributed by atoms with van der Waals surface area (Å²) >= 11 is 0. The molecule has 12 aromatic rings. The van der Waals surface area contributed by atoms with E-state index in [2.05, 4.69) is 197 Å². The Labute approximate surface area is 774 Å². The largest absolute Gasteiger partial charge is 0.491 e. The number of rotatable bonds is 34. The van der Waals surface area contributed by atoms with Crippen molar-refractivity contribution in [3.05, 3.63) is 233 Å². The molecule has 6 aromatic heterocycles. The lowest BCUT2D eigenvalue weighted by atomic mass is 10.0. The molecular weight excluding hydrogens is 1690 g/mol. The van der Waals surface area contributed by atoms with Gasteiger partial charge in [0.25, 0.3) is 0 Å². The predicted molar refractivity (Wildman–Crippen MR) is 505 cm³/mol. The molecule has 6 aliphatic heterocycles. The average Bonchev–Trinajstić information content (AvgIpc) is 1.62. The second-order valence-electron chi connectivity index (χ2n) is 36.2. The molecule has 1 aliphatic carbocycles. The summed E-state index contributed by atoms with van der Waals surface area (Å²) in [5.41, 5.74) is 9.17. The summed E-state index contributed by atoms with van der Waals surface area (Å²) in [4.78, 5) is 57.5. The van der Waals surface area contributed by atoms with Crippen LogP contribution in [0.1, 0.15) is 126 Å². The molecule has 7 aliphatic rings. The molecule has 6 saturated heterocycles. The quantitative estimate of drug-likeness (QED) is 0.0362. The summed E-state index contributed by atoms with van der Waals surface area (Å²) < 4.78 is 65.4. The van der Waals surface area contributed by atoms with Crippen LogP contribution < -0.4 is 60.7 Å². The second kappa shape index (κ2) is 41.8. The topological polar surface area (TPSA) is 314 Å². The highest BCUT2D eigenvalue weighted by atomic mass is 16.8. The Morgan fingerprint density at radius 1 is 0.338 bits per heavy atom. The zero-order valence-corrected chi connectivity index (χ0v) is 78.0. The van der Waals surface area contributed by atoms with Crippen LogP contribution in [0, 0.1) is 17.8 Å². The van der Waals surface area contributed by atoms with Gasteiger partial charge in [-0.3, -0.25) is 0 Å². The zero-order chi connectivity index (χ0) is 92.2. The first-order valence-corrected chi connectivity index (χ1v) is 47.1. The van der Waals surface area contributed by atoms with E-state index in [1.807, 2.05) is 93.6 Å². The molecule has 0 amide bonds. The van der Waals surface area contributed by atoms with Crippen molar-refractivity contribution in [3.8, 4) is 34.3 Å². The van der Waals surface area contributed by atoms with Crippen LogP contribution in [0.4, 0.5) is 34.1 Å². The second-order valence-corrected chi connectivity index (χ2v) is 36.2. The van der Waals surface area contributed by atoms with Crippen LogP contribution in [0.3, 0.4) is 0 Å². The van der Waals surface area contributed by atoms with Gasteiger partial charge in [-0.1, -0.05) is 48.5 Å². The number of hydrogen-bond acceptors (Lipinski definition) is 27. The summed E-state index contributed by atoms with van der Waals surface area (Å²) in [5.74, 6) is 1.19. The summed E-state index contributed by atoms with van der Waals surface area (Å²) in [6.07, 6.45) is 19.9. The van der Waals surface area contributed by atoms with Crippen molar-refractivity contribution in [2.75, 3.05) is 148 Å². The van der Waals surface area contributed by atoms with Crippen molar-refractivity contribution < 1.29 is 42.6 Å². The van der Waals surface area contributed by atoms with Gasteiger partial charge in [0.05, 0.1) is 92.2 Å². The Balaban J connectivity index is 0.000000139. The molecule has 12 heterocycles. The van der Waals surface area contributed by atoms with Crippen LogP contribution in [0.2, 0.25) is 0 Å². The molecule has 0 spiro atoms. The van der Waals surface area contributed by atoms with Crippen molar-refractivity contribution in [3.63, 3.8) is 0 Å². The molecule has 1 saturated carbocycles. The maximum atomic E-state index is 12.8. The fourth-order valence-corrected chi connectivity index (χ4v) is 17.9. The number of anilines is 6. The lowest BCUT2D eigenvalue weighted by Crippen LogP contribution is -2.46. The van der Waals surface area contributed by atoms with Crippen molar-refractivity contribution in [1.29, 1.82) is 0 Å². The maximum absolute atomic E-state index is 12.8. The molecule has 0 N–H and O–H groups in total. The van der Waals surface area contributed by atoms with E-state index in [4.69, 9.17) is 42.6 Å². The third kappa shape index (κ3) is 21.9. The Bertz CT molecular complexity index is 5580. The minimum Gasteiger partial charge on any atom is -0.491 e. The summed E-state index contributed by atoms with van der Waals surface area (Å²) in [6, 6.07) is 49.6. The predicted octanol–water partition coefficient (Wildman–Crippen LogP) is 11.5. The summed E-state index contributed by atoms with van der Waals surface area (Å²) in [5, 5.41) is 38.3. The number of nitrogens with zero attached hydrogens (tertiary/aromatic N) is 24. The number of ether oxygens (including phenoxy) is 9. The number of benzene rings is 6. The molecule has 9 unspecified atom stereocenters. The van der Waals surface area contributed by atoms with E-state index in [0.29, 0.717) is 71.1 Å². The lowest BCUT2D eigenvalue weighted by Gasteiger charge is -2.37. The van der Waals surface area contributed by atoms with Crippen molar-refractivity contribution in [2.24, 2.45) is 17.8 Å². The van der Waals surface area contributed by atoms with Gasteiger partial charge >= 0.3 is 17.1 Å². The molecule has 0 radical (unpaired) electrons. The first-order valence-electron chi connectivity index (χ1n) is 47.1. The number of hydrogen-bond donors (Lipinski definition) is 0. The zero-order valence-electron chi connectivity index (χ0n) is 78.0. The highest BCUT2D eigenvalue weighted by Gasteiger charge is 2.54. The molecule has 706 valence electrons. The lowest BCUT2D eigenvalue weighted by molar-refractivity contribution is -0.211. The molecule has 36 nitrogen and oxygen atoms in total. The van der Waals surface area contributed by atoms with Crippen LogP contribution in [0.25, 0.3) is 17.1 Å². The standard InChI is InChI=1S/C33H44N8O4.C32H40N8O4.C32H42N8O4/c1-5-26(4)41-32(42)39(24-36-41)29-8-6-27(7-9-29)37-16-18-38(19-17-37)28-10-12-30(13-11-28)43-21-31-22-44-33(45-31,20-25(2)3)23-40-34-14-15-35-40;1-3-24(2)40-31(41)38(23-35-40)28-8-6-26(7-9-28)36-16-18-37(19-17-36)27-10-12-29(13-11-27)42-20-30-21-43-32(44-30,25-4-5-25)22-39-33-14-15-34-39;1-5-25(4)40-31(41)38(23-35-40)28-8-6-26(7-9-28)36-16-18-37(19-17-36)27-10-12-29(13-11-27)42-20-30-21-43-32(44-30,24(2)3)22-39-33-14-15-34-39/h6-15,24-26,31H,5,16-23H2,1-4H3;6-15,23-25,30H,3-5,16-22H2,1-2H3;6-15,23-25,30H,5,16-22H2,1-4H3. The van der Waals surface area contributed by atoms with Gasteiger partial charge in [0.2, 0.25) is 0 Å². The van der Waals surface area contributed by atoms with Crippen LogP contribution in [0.5, 0.6) is 17.2 Å². The van der Waals surface area contributed by atoms with Gasteiger partial charge in [0, 0.05) is 131 Å². The SMILES string of the molecule is CCC(C)n1ncn(-c2ccc(N3CCN(c4ccc(OCC5COC(CC(C)C)(Cn6nccn6)O5)cc4)CC3)cc2)c1=O.CCC(C)n1ncn(-c2ccc(N3CCN(c4ccc(OCC5COC(Cn6nccn6)(C(C)C)O5)cc4)CC3)cc2)c1=O.CCC(C)n1ncn(-c2ccc(N3CCN(c4ccc(OCC5COC(Cn6nccn6)(C6CC6)O5)cc4)CC3)cc2)c1=O. The van der Waals surface area contributed by atoms with E-state index < -0.39 is 17.4 Å². The molecule has 36 heteroatoms. The van der Waals surface area contributed by atoms with E-state index in [1.165, 1.54) is 17.1 Å². The molecule has 19 rings (SSSR count). The van der Waals surface area contributed by atoms with Crippen molar-refractivity contribution in [2.45, 2.75) is 181 Å². The summed E-state index contributed by atoms with van der Waals surface area (Å²) in [7, 11) is 0. The Kier molecular flexibility index (Phi) is 29.0. The first-order chi connectivity index (χ1) is 64.7. The Morgan fingerprint density at radius 2 is 0.624 bits per heavy atom. The van der Waals surface area contributed by atoms with Crippen LogP contribution in [0.15, 0.2) is 216 Å². The highest BCUT2D eigenvalue weighted by molar-refractivity contribution is 5.58. The number of piperazine rings is 3. The van der Waals surface area contributed by atoms with Crippen molar-refractivity contribution in [1.82, 2.24) is 88.0 Å². The van der Waals surface area contributed by atoms with Gasteiger partial charge < -0.3 is 72.0 Å². The van der Waals surface area contributed by atoms with Crippen LogP contribution in [-0.4, -0.2) is 242 Å². The van der Waals surface area contributed by atoms with Crippen molar-refractivity contribution >= 4 is 34.1 Å². The van der Waals surface area contributed by atoms with Gasteiger partial charge in [0.1, 0.15) is 94.0 Å². The van der Waals surface area contributed by atoms with E-state index in [9.17, 15) is 14.4 Å². The first kappa shape index (κ1) is 92.4. The van der Waals surface area contributed by atoms with E-state index in [-0.39, 0.29) is 59.4 Å². The fraction of sp³-hybridized carbons (Fsp3) is 0.505. The molecule has 0 bridgehead atoms. The Morgan fingerprint density at radius 3 is 0.940 bits per heavy atom. The molecular formula is C97H126N24O12. The average molecular weight is 1820 g/mol. The van der Waals surface area contributed by atoms with Gasteiger partial charge in [0.15, 0.2) is 17.4 Å². The molecule has 9 atom stereocenters. The molecule has 6 aromatic carbocycles. The van der Waals surface area contributed by atoms with Gasteiger partial charge in [-0.25, -0.2) is 42.1 Å². The normalized spacial score (nSPS) is 21.7. The maximum Gasteiger partial charge on any atom is 0.350 e. The van der Waals surface area contributed by atoms with Gasteiger partial charge in [-0.05, 0) is 204 Å². The third-order valence-electron chi connectivity index (χ3n) is 26.3. The van der Waals surface area contributed by atoms with Crippen LogP contribution in [-0.2, 0) is 48.1 Å². The third-order valence-corrected chi connectivity index (χ3v) is 26.3. The van der Waals surface area contributed by atoms with E-state index in [0.717, 1.165) is 168 Å². The van der Waals surface area contributed by atoms with E-state index >= 15 is 0 Å².